The normalized spacial score (nSPS) is 16.2. The highest BCUT2D eigenvalue weighted by Crippen LogP contribution is 2.16. The van der Waals surface area contributed by atoms with Crippen molar-refractivity contribution < 1.29 is 22.4 Å². The molecule has 0 bridgehead atoms. The molecule has 1 aliphatic heterocycles. The molecule has 120 valence electrons. The van der Waals surface area contributed by atoms with Crippen molar-refractivity contribution in [2.75, 3.05) is 19.7 Å². The average Bonchev–Trinajstić information content (AvgIpc) is 2.90. The van der Waals surface area contributed by atoms with Crippen LogP contribution in [0.25, 0.3) is 0 Å². The summed E-state index contributed by atoms with van der Waals surface area (Å²) in [7, 11) is -3.74. The Labute approximate surface area is 129 Å². The minimum Gasteiger partial charge on any atom is -0.460 e. The van der Waals surface area contributed by atoms with Crippen LogP contribution in [-0.4, -0.2) is 40.1 Å². The lowest BCUT2D eigenvalue weighted by Gasteiger charge is -2.22. The third-order valence-corrected chi connectivity index (χ3v) is 4.38. The highest BCUT2D eigenvalue weighted by Gasteiger charge is 2.25. The molecule has 0 spiro atoms. The van der Waals surface area contributed by atoms with Crippen LogP contribution in [0.5, 0.6) is 0 Å². The third kappa shape index (κ3) is 4.70. The maximum Gasteiger partial charge on any atom is 0.374 e. The molecule has 2 heterocycles. The third-order valence-electron chi connectivity index (χ3n) is 2.98. The number of hydrogen-bond donors (Lipinski definition) is 2. The van der Waals surface area contributed by atoms with Crippen molar-refractivity contribution in [2.45, 2.75) is 30.9 Å². The van der Waals surface area contributed by atoms with Gasteiger partial charge in [0.2, 0.25) is 10.9 Å². The molecule has 1 aromatic rings. The van der Waals surface area contributed by atoms with Crippen molar-refractivity contribution in [3.63, 3.8) is 0 Å². The lowest BCUT2D eigenvalue weighted by molar-refractivity contribution is 0.0484. The van der Waals surface area contributed by atoms with Crippen molar-refractivity contribution in [3.8, 4) is 0 Å². The molecule has 1 aromatic heterocycles. The summed E-state index contributed by atoms with van der Waals surface area (Å²) in [4.78, 5) is 11.4. The second kappa shape index (κ2) is 7.79. The predicted octanol–water partition coefficient (Wildman–Crippen LogP) is 0.908. The van der Waals surface area contributed by atoms with Gasteiger partial charge in [-0.1, -0.05) is 0 Å². The highest BCUT2D eigenvalue weighted by atomic mass is 35.5. The van der Waals surface area contributed by atoms with Crippen molar-refractivity contribution >= 4 is 28.4 Å². The summed E-state index contributed by atoms with van der Waals surface area (Å²) >= 11 is 0. The van der Waals surface area contributed by atoms with Crippen LogP contribution in [0.2, 0.25) is 0 Å². The highest BCUT2D eigenvalue weighted by molar-refractivity contribution is 7.89. The van der Waals surface area contributed by atoms with Gasteiger partial charge in [-0.05, 0) is 45.0 Å². The first-order valence-electron chi connectivity index (χ1n) is 6.53. The lowest BCUT2D eigenvalue weighted by atomic mass is 10.1. The fourth-order valence-electron chi connectivity index (χ4n) is 1.99. The monoisotopic (exact) mass is 338 g/mol. The van der Waals surface area contributed by atoms with Crippen LogP contribution in [0, 0.1) is 0 Å². The van der Waals surface area contributed by atoms with E-state index >= 15 is 0 Å². The molecule has 2 rings (SSSR count). The van der Waals surface area contributed by atoms with Gasteiger partial charge in [0.15, 0.2) is 0 Å². The molecule has 0 aliphatic carbocycles. The standard InChI is InChI=1S/C12H18N2O5S.ClH/c1-2-18-12(15)10-3-4-11(19-10)20(16,17)14-9-5-7-13-8-6-9;/h3-4,9,13-14H,2,5-8H2,1H3;1H. The maximum absolute atomic E-state index is 12.1. The first-order valence-corrected chi connectivity index (χ1v) is 8.01. The van der Waals surface area contributed by atoms with E-state index < -0.39 is 16.0 Å². The van der Waals surface area contributed by atoms with Crippen molar-refractivity contribution in [3.05, 3.63) is 17.9 Å². The Morgan fingerprint density at radius 1 is 1.43 bits per heavy atom. The quantitative estimate of drug-likeness (QED) is 0.774. The van der Waals surface area contributed by atoms with Gasteiger partial charge in [0.1, 0.15) is 0 Å². The number of hydrogen-bond acceptors (Lipinski definition) is 6. The van der Waals surface area contributed by atoms with Crippen LogP contribution in [-0.2, 0) is 14.8 Å². The predicted molar refractivity (Wildman–Crippen MR) is 78.1 cm³/mol. The molecule has 2 N–H and O–H groups in total. The molecule has 0 amide bonds. The molecule has 9 heteroatoms. The van der Waals surface area contributed by atoms with E-state index in [2.05, 4.69) is 10.0 Å². The molecule has 7 nitrogen and oxygen atoms in total. The molecule has 0 unspecified atom stereocenters. The molecule has 1 saturated heterocycles. The van der Waals surface area contributed by atoms with Crippen molar-refractivity contribution in [1.82, 2.24) is 10.0 Å². The van der Waals surface area contributed by atoms with Gasteiger partial charge in [0.05, 0.1) is 6.61 Å². The Kier molecular flexibility index (Phi) is 6.66. The molecule has 21 heavy (non-hydrogen) atoms. The zero-order valence-corrected chi connectivity index (χ0v) is 13.3. The van der Waals surface area contributed by atoms with E-state index in [0.29, 0.717) is 0 Å². The summed E-state index contributed by atoms with van der Waals surface area (Å²) in [5.74, 6) is -0.784. The van der Waals surface area contributed by atoms with E-state index in [9.17, 15) is 13.2 Å². The first kappa shape index (κ1) is 18.0. The summed E-state index contributed by atoms with van der Waals surface area (Å²) in [6.07, 6.45) is 1.45. The molecule has 1 fully saturated rings. The Morgan fingerprint density at radius 3 is 2.71 bits per heavy atom. The number of nitrogens with one attached hydrogen (secondary N) is 2. The van der Waals surface area contributed by atoms with Crippen LogP contribution in [0.15, 0.2) is 21.6 Å². The zero-order chi connectivity index (χ0) is 14.6. The number of rotatable bonds is 5. The largest absolute Gasteiger partial charge is 0.460 e. The van der Waals surface area contributed by atoms with Gasteiger partial charge in [-0.2, -0.15) is 0 Å². The van der Waals surface area contributed by atoms with E-state index in [-0.39, 0.29) is 35.9 Å². The van der Waals surface area contributed by atoms with Crippen molar-refractivity contribution in [1.29, 1.82) is 0 Å². The Hall–Kier alpha value is -1.09. The van der Waals surface area contributed by atoms with Gasteiger partial charge in [0.25, 0.3) is 10.0 Å². The molecular weight excluding hydrogens is 320 g/mol. The number of piperidine rings is 1. The van der Waals surface area contributed by atoms with Crippen LogP contribution < -0.4 is 10.0 Å². The van der Waals surface area contributed by atoms with Gasteiger partial charge in [-0.3, -0.25) is 0 Å². The molecule has 1 aliphatic rings. The van der Waals surface area contributed by atoms with Gasteiger partial charge < -0.3 is 14.5 Å². The van der Waals surface area contributed by atoms with Gasteiger partial charge in [0, 0.05) is 6.04 Å². The lowest BCUT2D eigenvalue weighted by Crippen LogP contribution is -2.42. The summed E-state index contributed by atoms with van der Waals surface area (Å²) in [6.45, 7) is 3.42. The fraction of sp³-hybridized carbons (Fsp3) is 0.583. The number of esters is 1. The Bertz CT molecular complexity index is 566. The first-order chi connectivity index (χ1) is 9.53. The Balaban J connectivity index is 0.00000220. The zero-order valence-electron chi connectivity index (χ0n) is 11.6. The minimum absolute atomic E-state index is 0. The molecular formula is C12H19ClN2O5S. The average molecular weight is 339 g/mol. The van der Waals surface area contributed by atoms with Gasteiger partial charge in [-0.15, -0.1) is 12.4 Å². The second-order valence-corrected chi connectivity index (χ2v) is 6.13. The molecule has 0 saturated carbocycles. The second-order valence-electron chi connectivity index (χ2n) is 4.48. The van der Waals surface area contributed by atoms with Gasteiger partial charge in [-0.25, -0.2) is 17.9 Å². The number of carbonyl (C=O) groups excluding carboxylic acids is 1. The maximum atomic E-state index is 12.1. The fourth-order valence-corrected chi connectivity index (χ4v) is 3.23. The topological polar surface area (TPSA) is 97.6 Å². The number of ether oxygens (including phenoxy) is 1. The van der Waals surface area contributed by atoms with E-state index in [0.717, 1.165) is 25.9 Å². The summed E-state index contributed by atoms with van der Waals surface area (Å²) in [5, 5.41) is 2.89. The van der Waals surface area contributed by atoms with Crippen LogP contribution in [0.3, 0.4) is 0 Å². The number of sulfonamides is 1. The summed E-state index contributed by atoms with van der Waals surface area (Å²) in [6, 6.07) is 2.45. The summed E-state index contributed by atoms with van der Waals surface area (Å²) < 4.78 is 36.6. The molecule has 0 radical (unpaired) electrons. The number of carbonyl (C=O) groups is 1. The summed E-state index contributed by atoms with van der Waals surface area (Å²) in [5.41, 5.74) is 0. The SMILES string of the molecule is CCOC(=O)c1ccc(S(=O)(=O)NC2CCNCC2)o1.Cl. The van der Waals surface area contributed by atoms with E-state index in [1.807, 2.05) is 0 Å². The Morgan fingerprint density at radius 2 is 2.10 bits per heavy atom. The van der Waals surface area contributed by atoms with E-state index in [1.165, 1.54) is 12.1 Å². The van der Waals surface area contributed by atoms with Crippen LogP contribution in [0.4, 0.5) is 0 Å². The van der Waals surface area contributed by atoms with E-state index in [1.54, 1.807) is 6.92 Å². The van der Waals surface area contributed by atoms with Crippen LogP contribution in [0.1, 0.15) is 30.3 Å². The molecule has 0 atom stereocenters. The van der Waals surface area contributed by atoms with Crippen molar-refractivity contribution in [2.24, 2.45) is 0 Å². The molecule has 0 aromatic carbocycles. The number of furan rings is 1. The van der Waals surface area contributed by atoms with E-state index in [4.69, 9.17) is 9.15 Å². The van der Waals surface area contributed by atoms with Gasteiger partial charge >= 0.3 is 5.97 Å². The smallest absolute Gasteiger partial charge is 0.374 e. The minimum atomic E-state index is -3.74. The number of halogens is 1. The van der Waals surface area contributed by atoms with Crippen LogP contribution >= 0.6 is 12.4 Å².